The molecule has 1 heterocycles. The van der Waals surface area contributed by atoms with Gasteiger partial charge in [0, 0.05) is 18.4 Å². The number of carboxylic acids is 1. The zero-order valence-corrected chi connectivity index (χ0v) is 14.9. The summed E-state index contributed by atoms with van der Waals surface area (Å²) in [7, 11) is 0. The molecule has 1 amide bonds. The van der Waals surface area contributed by atoms with Gasteiger partial charge in [0.1, 0.15) is 0 Å². The Morgan fingerprint density at radius 1 is 1.28 bits per heavy atom. The van der Waals surface area contributed by atoms with Crippen LogP contribution in [0.1, 0.15) is 56.7 Å². The summed E-state index contributed by atoms with van der Waals surface area (Å²) >= 11 is 0. The molecule has 0 aromatic heterocycles. The molecule has 0 spiro atoms. The Morgan fingerprint density at radius 2 is 1.96 bits per heavy atom. The summed E-state index contributed by atoms with van der Waals surface area (Å²) in [6.07, 6.45) is 5.91. The predicted molar refractivity (Wildman–Crippen MR) is 96.3 cm³/mol. The van der Waals surface area contributed by atoms with Gasteiger partial charge in [0.05, 0.1) is 19.1 Å². The van der Waals surface area contributed by atoms with Gasteiger partial charge in [-0.3, -0.25) is 9.59 Å². The molecule has 1 atom stereocenters. The Labute approximate surface area is 149 Å². The minimum atomic E-state index is -0.779. The van der Waals surface area contributed by atoms with Crippen LogP contribution in [0.4, 0.5) is 0 Å². The van der Waals surface area contributed by atoms with E-state index in [1.807, 2.05) is 55.2 Å². The first kappa shape index (κ1) is 19.2. The normalized spacial score (nSPS) is 17.8. The average Bonchev–Trinajstić information content (AvgIpc) is 2.58. The molecule has 25 heavy (non-hydrogen) atoms. The molecule has 1 saturated heterocycles. The molecule has 1 aromatic carbocycles. The number of β-lactam (4-membered cyclic amide) rings is 1. The number of aliphatic hydroxyl groups excluding tert-OH is 1. The molecule has 5 nitrogen and oxygen atoms in total. The van der Waals surface area contributed by atoms with Crippen molar-refractivity contribution in [3.8, 4) is 0 Å². The van der Waals surface area contributed by atoms with E-state index in [1.54, 1.807) is 0 Å². The molecular formula is C20H27NO4. The maximum Gasteiger partial charge on any atom is 0.303 e. The quantitative estimate of drug-likeness (QED) is 0.410. The fraction of sp³-hybridized carbons (Fsp3) is 0.500. The highest BCUT2D eigenvalue weighted by Crippen LogP contribution is 2.35. The SMILES string of the molecule is CC(C)(CO)c1ccc([C@H]2CC(=O)N2CC=CCCCC(=O)O)cc1. The molecule has 1 aromatic rings. The fourth-order valence-corrected chi connectivity index (χ4v) is 2.91. The summed E-state index contributed by atoms with van der Waals surface area (Å²) < 4.78 is 0. The number of nitrogens with zero attached hydrogens (tertiary/aromatic N) is 1. The van der Waals surface area contributed by atoms with Crippen molar-refractivity contribution >= 4 is 11.9 Å². The third kappa shape index (κ3) is 4.92. The van der Waals surface area contributed by atoms with Crippen LogP contribution in [0, 0.1) is 0 Å². The predicted octanol–water partition coefficient (Wildman–Crippen LogP) is 3.04. The number of hydrogen-bond donors (Lipinski definition) is 2. The van der Waals surface area contributed by atoms with Gasteiger partial charge in [0.2, 0.25) is 5.91 Å². The number of hydrogen-bond acceptors (Lipinski definition) is 3. The van der Waals surface area contributed by atoms with Crippen molar-refractivity contribution in [2.45, 2.75) is 51.0 Å². The average molecular weight is 345 g/mol. The molecule has 1 aliphatic heterocycles. The monoisotopic (exact) mass is 345 g/mol. The molecule has 0 bridgehead atoms. The van der Waals surface area contributed by atoms with Crippen LogP contribution in [-0.4, -0.2) is 40.1 Å². The number of allylic oxidation sites excluding steroid dienone is 1. The summed E-state index contributed by atoms with van der Waals surface area (Å²) in [6.45, 7) is 4.64. The highest BCUT2D eigenvalue weighted by molar-refractivity contribution is 5.83. The third-order valence-corrected chi connectivity index (χ3v) is 4.77. The highest BCUT2D eigenvalue weighted by atomic mass is 16.4. The summed E-state index contributed by atoms with van der Waals surface area (Å²) in [6, 6.07) is 8.21. The number of carbonyl (C=O) groups excluding carboxylic acids is 1. The number of aliphatic hydroxyl groups is 1. The van der Waals surface area contributed by atoms with Crippen molar-refractivity contribution < 1.29 is 19.8 Å². The lowest BCUT2D eigenvalue weighted by molar-refractivity contribution is -0.145. The van der Waals surface area contributed by atoms with Gasteiger partial charge < -0.3 is 15.1 Å². The number of benzene rings is 1. The molecule has 0 unspecified atom stereocenters. The van der Waals surface area contributed by atoms with Crippen LogP contribution in [0.15, 0.2) is 36.4 Å². The highest BCUT2D eigenvalue weighted by Gasteiger charge is 2.36. The minimum absolute atomic E-state index is 0.0903. The standard InChI is InChI=1S/C20H27NO4/c1-20(2,14-22)16-10-8-15(9-11-16)17-13-18(23)21(17)12-6-4-3-5-7-19(24)25/h4,6,8-11,17,22H,3,5,7,12-14H2,1-2H3,(H,24,25)/t17-/m1/s1. The van der Waals surface area contributed by atoms with E-state index in [-0.39, 0.29) is 30.4 Å². The number of likely N-dealkylation sites (tertiary alicyclic amines) is 1. The molecule has 136 valence electrons. The summed E-state index contributed by atoms with van der Waals surface area (Å²) in [5, 5.41) is 18.1. The number of aliphatic carboxylic acids is 1. The number of carbonyl (C=O) groups is 2. The molecule has 1 aliphatic rings. The molecule has 0 aliphatic carbocycles. The van der Waals surface area contributed by atoms with Crippen LogP contribution in [-0.2, 0) is 15.0 Å². The number of amides is 1. The Balaban J connectivity index is 1.90. The Morgan fingerprint density at radius 3 is 2.52 bits per heavy atom. The van der Waals surface area contributed by atoms with Gasteiger partial charge in [-0.05, 0) is 24.0 Å². The van der Waals surface area contributed by atoms with Crippen molar-refractivity contribution in [3.05, 3.63) is 47.5 Å². The van der Waals surface area contributed by atoms with Crippen LogP contribution in [0.2, 0.25) is 0 Å². The lowest BCUT2D eigenvalue weighted by atomic mass is 9.84. The smallest absolute Gasteiger partial charge is 0.303 e. The van der Waals surface area contributed by atoms with E-state index in [9.17, 15) is 14.7 Å². The van der Waals surface area contributed by atoms with E-state index >= 15 is 0 Å². The molecular weight excluding hydrogens is 318 g/mol. The zero-order chi connectivity index (χ0) is 18.4. The largest absolute Gasteiger partial charge is 0.481 e. The number of unbranched alkanes of at least 4 members (excludes halogenated alkanes) is 1. The van der Waals surface area contributed by atoms with Gasteiger partial charge in [0.25, 0.3) is 0 Å². The van der Waals surface area contributed by atoms with E-state index in [2.05, 4.69) is 0 Å². The molecule has 2 rings (SSSR count). The molecule has 0 saturated carbocycles. The lowest BCUT2D eigenvalue weighted by Gasteiger charge is -2.40. The minimum Gasteiger partial charge on any atom is -0.481 e. The van der Waals surface area contributed by atoms with Gasteiger partial charge in [-0.15, -0.1) is 0 Å². The maximum absolute atomic E-state index is 11.9. The van der Waals surface area contributed by atoms with Gasteiger partial charge >= 0.3 is 5.97 Å². The first-order chi connectivity index (χ1) is 11.8. The molecule has 1 fully saturated rings. The number of rotatable bonds is 9. The first-order valence-electron chi connectivity index (χ1n) is 8.72. The zero-order valence-electron chi connectivity index (χ0n) is 14.9. The second-order valence-electron chi connectivity index (χ2n) is 7.19. The van der Waals surface area contributed by atoms with Crippen LogP contribution in [0.3, 0.4) is 0 Å². The van der Waals surface area contributed by atoms with Crippen LogP contribution in [0.5, 0.6) is 0 Å². The van der Waals surface area contributed by atoms with Crippen molar-refractivity contribution in [2.75, 3.05) is 13.2 Å². The van der Waals surface area contributed by atoms with E-state index in [0.29, 0.717) is 25.8 Å². The van der Waals surface area contributed by atoms with Crippen LogP contribution >= 0.6 is 0 Å². The fourth-order valence-electron chi connectivity index (χ4n) is 2.91. The van der Waals surface area contributed by atoms with E-state index < -0.39 is 5.97 Å². The van der Waals surface area contributed by atoms with Gasteiger partial charge in [0.15, 0.2) is 0 Å². The number of carboxylic acid groups (broad SMARTS) is 1. The lowest BCUT2D eigenvalue weighted by Crippen LogP contribution is -2.46. The third-order valence-electron chi connectivity index (χ3n) is 4.77. The Hall–Kier alpha value is -2.14. The molecule has 0 radical (unpaired) electrons. The summed E-state index contributed by atoms with van der Waals surface area (Å²) in [5.74, 6) is -0.640. The van der Waals surface area contributed by atoms with Crippen molar-refractivity contribution in [1.29, 1.82) is 0 Å². The molecule has 2 N–H and O–H groups in total. The van der Waals surface area contributed by atoms with Crippen molar-refractivity contribution in [2.24, 2.45) is 0 Å². The van der Waals surface area contributed by atoms with Gasteiger partial charge in [-0.25, -0.2) is 0 Å². The second kappa shape index (κ2) is 8.30. The second-order valence-corrected chi connectivity index (χ2v) is 7.19. The van der Waals surface area contributed by atoms with Crippen LogP contribution < -0.4 is 0 Å². The topological polar surface area (TPSA) is 77.8 Å². The van der Waals surface area contributed by atoms with Gasteiger partial charge in [-0.1, -0.05) is 50.3 Å². The van der Waals surface area contributed by atoms with E-state index in [4.69, 9.17) is 5.11 Å². The van der Waals surface area contributed by atoms with E-state index in [0.717, 1.165) is 11.1 Å². The van der Waals surface area contributed by atoms with Crippen molar-refractivity contribution in [3.63, 3.8) is 0 Å². The summed E-state index contributed by atoms with van der Waals surface area (Å²) in [5.41, 5.74) is 1.91. The Kier molecular flexibility index (Phi) is 6.37. The first-order valence-corrected chi connectivity index (χ1v) is 8.72. The van der Waals surface area contributed by atoms with Gasteiger partial charge in [-0.2, -0.15) is 0 Å². The maximum atomic E-state index is 11.9. The molecule has 5 heteroatoms. The van der Waals surface area contributed by atoms with E-state index in [1.165, 1.54) is 0 Å². The van der Waals surface area contributed by atoms with Crippen LogP contribution in [0.25, 0.3) is 0 Å². The Bertz CT molecular complexity index is 634. The van der Waals surface area contributed by atoms with Crippen molar-refractivity contribution in [1.82, 2.24) is 4.90 Å². The summed E-state index contributed by atoms with van der Waals surface area (Å²) in [4.78, 5) is 24.2.